The zero-order valence-corrected chi connectivity index (χ0v) is 16.4. The van der Waals surface area contributed by atoms with Crippen LogP contribution >= 0.6 is 12.4 Å². The van der Waals surface area contributed by atoms with Crippen LogP contribution in [-0.4, -0.2) is 44.7 Å². The van der Waals surface area contributed by atoms with Gasteiger partial charge in [0.1, 0.15) is 5.75 Å². The van der Waals surface area contributed by atoms with Crippen molar-refractivity contribution in [3.63, 3.8) is 0 Å². The fourth-order valence-electron chi connectivity index (χ4n) is 2.77. The number of anilines is 2. The molecular weight excluding hydrogens is 382 g/mol. The average molecular weight is 406 g/mol. The monoisotopic (exact) mass is 405 g/mol. The van der Waals surface area contributed by atoms with Gasteiger partial charge in [-0.2, -0.15) is 0 Å². The van der Waals surface area contributed by atoms with E-state index in [4.69, 9.17) is 9.47 Å². The molecule has 2 aromatic rings. The average Bonchev–Trinajstić information content (AvgIpc) is 2.70. The van der Waals surface area contributed by atoms with Crippen molar-refractivity contribution in [3.05, 3.63) is 54.1 Å². The van der Waals surface area contributed by atoms with Crippen molar-refractivity contribution >= 4 is 35.6 Å². The number of carbonyl (C=O) groups is 2. The van der Waals surface area contributed by atoms with E-state index in [2.05, 4.69) is 16.0 Å². The quantitative estimate of drug-likeness (QED) is 0.687. The Bertz CT molecular complexity index is 775. The lowest BCUT2D eigenvalue weighted by atomic mass is 10.1. The second kappa shape index (κ2) is 10.7. The van der Waals surface area contributed by atoms with Gasteiger partial charge in [0.15, 0.2) is 0 Å². The molecule has 7 nitrogen and oxygen atoms in total. The summed E-state index contributed by atoms with van der Waals surface area (Å²) in [5, 5.41) is 8.90. The number of amides is 2. The highest BCUT2D eigenvalue weighted by Crippen LogP contribution is 2.17. The zero-order chi connectivity index (χ0) is 19.1. The number of morpholine rings is 1. The van der Waals surface area contributed by atoms with Crippen LogP contribution in [0.4, 0.5) is 11.4 Å². The molecule has 0 spiro atoms. The Kier molecular flexibility index (Phi) is 8.25. The largest absolute Gasteiger partial charge is 0.497 e. The Balaban J connectivity index is 0.00000280. The van der Waals surface area contributed by atoms with E-state index in [-0.39, 0.29) is 30.3 Å². The van der Waals surface area contributed by atoms with E-state index in [0.29, 0.717) is 36.6 Å². The van der Waals surface area contributed by atoms with E-state index >= 15 is 0 Å². The van der Waals surface area contributed by atoms with Gasteiger partial charge in [-0.1, -0.05) is 0 Å². The number of hydrogen-bond acceptors (Lipinski definition) is 5. The van der Waals surface area contributed by atoms with E-state index in [1.807, 2.05) is 0 Å². The molecule has 1 unspecified atom stereocenters. The third-order valence-electron chi connectivity index (χ3n) is 4.21. The number of methoxy groups -OCH3 is 1. The van der Waals surface area contributed by atoms with Crippen molar-refractivity contribution in [2.45, 2.75) is 12.5 Å². The first kappa shape index (κ1) is 21.7. The number of nitrogens with one attached hydrogen (secondary N) is 3. The normalized spacial score (nSPS) is 15.8. The third kappa shape index (κ3) is 6.23. The molecule has 2 amide bonds. The van der Waals surface area contributed by atoms with E-state index in [0.717, 1.165) is 12.3 Å². The summed E-state index contributed by atoms with van der Waals surface area (Å²) in [6, 6.07) is 13.9. The lowest BCUT2D eigenvalue weighted by Crippen LogP contribution is -2.43. The molecule has 0 radical (unpaired) electrons. The van der Waals surface area contributed by atoms with Crippen molar-refractivity contribution in [2.24, 2.45) is 0 Å². The predicted molar refractivity (Wildman–Crippen MR) is 110 cm³/mol. The minimum Gasteiger partial charge on any atom is -0.497 e. The highest BCUT2D eigenvalue weighted by Gasteiger charge is 2.17. The Morgan fingerprint density at radius 2 is 1.71 bits per heavy atom. The molecule has 1 aliphatic heterocycles. The van der Waals surface area contributed by atoms with Crippen LogP contribution in [0, 0.1) is 0 Å². The molecule has 0 bridgehead atoms. The molecular formula is C20H24ClN3O4. The van der Waals surface area contributed by atoms with Gasteiger partial charge < -0.3 is 25.4 Å². The van der Waals surface area contributed by atoms with Crippen LogP contribution in [0.3, 0.4) is 0 Å². The van der Waals surface area contributed by atoms with E-state index in [1.54, 1.807) is 55.6 Å². The van der Waals surface area contributed by atoms with Gasteiger partial charge in [-0.3, -0.25) is 9.59 Å². The SMILES string of the molecule is COc1ccc(NC(=O)c2ccc(NC(=O)CC3COCCN3)cc2)cc1.Cl. The van der Waals surface area contributed by atoms with Crippen LogP contribution in [0.25, 0.3) is 0 Å². The maximum atomic E-state index is 12.3. The van der Waals surface area contributed by atoms with Gasteiger partial charge in [0, 0.05) is 35.9 Å². The number of halogens is 1. The number of hydrogen-bond donors (Lipinski definition) is 3. The molecule has 1 heterocycles. The van der Waals surface area contributed by atoms with Crippen molar-refractivity contribution < 1.29 is 19.1 Å². The van der Waals surface area contributed by atoms with Crippen molar-refractivity contribution in [1.29, 1.82) is 0 Å². The molecule has 0 saturated carbocycles. The second-order valence-corrected chi connectivity index (χ2v) is 6.24. The molecule has 0 aliphatic carbocycles. The minimum atomic E-state index is -0.221. The van der Waals surface area contributed by atoms with Gasteiger partial charge in [-0.15, -0.1) is 12.4 Å². The van der Waals surface area contributed by atoms with Crippen molar-refractivity contribution in [3.8, 4) is 5.75 Å². The van der Waals surface area contributed by atoms with E-state index < -0.39 is 0 Å². The maximum Gasteiger partial charge on any atom is 0.255 e. The fourth-order valence-corrected chi connectivity index (χ4v) is 2.77. The summed E-state index contributed by atoms with van der Waals surface area (Å²) in [5.74, 6) is 0.415. The Labute approximate surface area is 170 Å². The Morgan fingerprint density at radius 1 is 1.07 bits per heavy atom. The summed E-state index contributed by atoms with van der Waals surface area (Å²) in [4.78, 5) is 24.4. The lowest BCUT2D eigenvalue weighted by Gasteiger charge is -2.23. The zero-order valence-electron chi connectivity index (χ0n) is 15.6. The molecule has 0 aromatic heterocycles. The smallest absolute Gasteiger partial charge is 0.255 e. The van der Waals surface area contributed by atoms with Gasteiger partial charge in [0.25, 0.3) is 5.91 Å². The van der Waals surface area contributed by atoms with Crippen LogP contribution in [0.15, 0.2) is 48.5 Å². The summed E-state index contributed by atoms with van der Waals surface area (Å²) in [5.41, 5.74) is 1.84. The Hall–Kier alpha value is -2.61. The molecule has 3 N–H and O–H groups in total. The van der Waals surface area contributed by atoms with Crippen molar-refractivity contribution in [1.82, 2.24) is 5.32 Å². The third-order valence-corrected chi connectivity index (χ3v) is 4.21. The van der Waals surface area contributed by atoms with E-state index in [9.17, 15) is 9.59 Å². The highest BCUT2D eigenvalue weighted by atomic mass is 35.5. The molecule has 28 heavy (non-hydrogen) atoms. The first-order valence-corrected chi connectivity index (χ1v) is 8.80. The number of rotatable bonds is 6. The molecule has 1 fully saturated rings. The minimum absolute atomic E-state index is 0. The van der Waals surface area contributed by atoms with Crippen LogP contribution in [0.2, 0.25) is 0 Å². The summed E-state index contributed by atoms with van der Waals surface area (Å²) in [6.45, 7) is 1.98. The number of ether oxygens (including phenoxy) is 2. The number of carbonyl (C=O) groups excluding carboxylic acids is 2. The van der Waals surface area contributed by atoms with E-state index in [1.165, 1.54) is 0 Å². The van der Waals surface area contributed by atoms with Gasteiger partial charge in [-0.05, 0) is 48.5 Å². The molecule has 3 rings (SSSR count). The van der Waals surface area contributed by atoms with Crippen LogP contribution in [0.5, 0.6) is 5.75 Å². The topological polar surface area (TPSA) is 88.7 Å². The van der Waals surface area contributed by atoms with Crippen LogP contribution in [-0.2, 0) is 9.53 Å². The lowest BCUT2D eigenvalue weighted by molar-refractivity contribution is -0.117. The predicted octanol–water partition coefficient (Wildman–Crippen LogP) is 2.69. The van der Waals surface area contributed by atoms with Crippen LogP contribution < -0.4 is 20.7 Å². The van der Waals surface area contributed by atoms with Gasteiger partial charge in [0.05, 0.1) is 20.3 Å². The summed E-state index contributed by atoms with van der Waals surface area (Å²) >= 11 is 0. The second-order valence-electron chi connectivity index (χ2n) is 6.24. The molecule has 8 heteroatoms. The maximum absolute atomic E-state index is 12.3. The van der Waals surface area contributed by atoms with Gasteiger partial charge in [0.2, 0.25) is 5.91 Å². The van der Waals surface area contributed by atoms with Gasteiger partial charge >= 0.3 is 0 Å². The molecule has 2 aromatic carbocycles. The van der Waals surface area contributed by atoms with Gasteiger partial charge in [-0.25, -0.2) is 0 Å². The Morgan fingerprint density at radius 3 is 2.32 bits per heavy atom. The summed E-state index contributed by atoms with van der Waals surface area (Å²) in [7, 11) is 1.59. The summed E-state index contributed by atoms with van der Waals surface area (Å²) < 4.78 is 10.4. The molecule has 1 aliphatic rings. The molecule has 150 valence electrons. The highest BCUT2D eigenvalue weighted by molar-refractivity contribution is 6.04. The molecule has 1 atom stereocenters. The number of benzene rings is 2. The fraction of sp³-hybridized carbons (Fsp3) is 0.300. The standard InChI is InChI=1S/C20H23N3O4.ClH/c1-26-18-8-6-16(7-9-18)23-20(25)14-2-4-15(5-3-14)22-19(24)12-17-13-27-11-10-21-17;/h2-9,17,21H,10-13H2,1H3,(H,22,24)(H,23,25);1H. The first-order chi connectivity index (χ1) is 13.1. The van der Waals surface area contributed by atoms with Crippen LogP contribution in [0.1, 0.15) is 16.8 Å². The van der Waals surface area contributed by atoms with Crippen molar-refractivity contribution in [2.75, 3.05) is 37.5 Å². The summed E-state index contributed by atoms with van der Waals surface area (Å²) in [6.07, 6.45) is 0.347. The molecule has 1 saturated heterocycles. The first-order valence-electron chi connectivity index (χ1n) is 8.80.